The lowest BCUT2D eigenvalue weighted by Crippen LogP contribution is -2.24. The highest BCUT2D eigenvalue weighted by Crippen LogP contribution is 2.17. The number of nitrogens with one attached hydrogen (secondary N) is 1. The Balaban J connectivity index is 1.77. The summed E-state index contributed by atoms with van der Waals surface area (Å²) in [7, 11) is 0. The van der Waals surface area contributed by atoms with Crippen LogP contribution in [0, 0.1) is 17.5 Å². The van der Waals surface area contributed by atoms with Gasteiger partial charge in [0.25, 0.3) is 5.91 Å². The van der Waals surface area contributed by atoms with Crippen molar-refractivity contribution in [3.05, 3.63) is 59.9 Å². The van der Waals surface area contributed by atoms with Gasteiger partial charge >= 0.3 is 5.97 Å². The largest absolute Gasteiger partial charge is 0.482 e. The van der Waals surface area contributed by atoms with Gasteiger partial charge in [0.1, 0.15) is 28.9 Å². The van der Waals surface area contributed by atoms with Crippen molar-refractivity contribution in [2.75, 3.05) is 18.5 Å². The highest BCUT2D eigenvalue weighted by molar-refractivity contribution is 5.93. The number of hydrogen-bond acceptors (Lipinski definition) is 4. The fourth-order valence-corrected chi connectivity index (χ4v) is 1.65. The Morgan fingerprint density at radius 1 is 0.917 bits per heavy atom. The maximum absolute atomic E-state index is 13.3. The molecule has 0 saturated heterocycles. The lowest BCUT2D eigenvalue weighted by molar-refractivity contribution is -0.149. The Morgan fingerprint density at radius 3 is 2.17 bits per heavy atom. The standard InChI is InChI=1S/C16H12F3NO4/c17-10-4-6-11(7-5-10)23-9-15(22)24-8-14(21)20-16-12(18)2-1-3-13(16)19/h1-7H,8-9H2,(H,20,21). The minimum absolute atomic E-state index is 0.242. The molecule has 0 bridgehead atoms. The number of benzene rings is 2. The summed E-state index contributed by atoms with van der Waals surface area (Å²) < 4.78 is 49.0. The van der Waals surface area contributed by atoms with Gasteiger partial charge in [-0.15, -0.1) is 0 Å². The third-order valence-corrected chi connectivity index (χ3v) is 2.76. The minimum Gasteiger partial charge on any atom is -0.482 e. The number of carbonyl (C=O) groups excluding carboxylic acids is 2. The summed E-state index contributed by atoms with van der Waals surface area (Å²) in [5.41, 5.74) is -0.624. The first-order valence-electron chi connectivity index (χ1n) is 6.73. The van der Waals surface area contributed by atoms with E-state index in [0.29, 0.717) is 0 Å². The SMILES string of the molecule is O=C(COC(=O)COc1ccc(F)cc1)Nc1c(F)cccc1F. The van der Waals surface area contributed by atoms with Gasteiger partial charge in [0.15, 0.2) is 13.2 Å². The zero-order chi connectivity index (χ0) is 17.5. The van der Waals surface area contributed by atoms with Gasteiger partial charge in [0.2, 0.25) is 0 Å². The first-order valence-corrected chi connectivity index (χ1v) is 6.73. The molecule has 0 heterocycles. The molecule has 5 nitrogen and oxygen atoms in total. The number of hydrogen-bond donors (Lipinski definition) is 1. The number of amides is 1. The van der Waals surface area contributed by atoms with Gasteiger partial charge in [-0.1, -0.05) is 6.07 Å². The Bertz CT molecular complexity index is 714. The maximum Gasteiger partial charge on any atom is 0.344 e. The van der Waals surface area contributed by atoms with E-state index >= 15 is 0 Å². The van der Waals surface area contributed by atoms with Crippen molar-refractivity contribution in [2.45, 2.75) is 0 Å². The second-order valence-electron chi connectivity index (χ2n) is 4.55. The van der Waals surface area contributed by atoms with E-state index < -0.39 is 48.2 Å². The van der Waals surface area contributed by atoms with Gasteiger partial charge in [0.05, 0.1) is 0 Å². The molecule has 0 unspecified atom stereocenters. The quantitative estimate of drug-likeness (QED) is 0.822. The zero-order valence-electron chi connectivity index (χ0n) is 12.2. The Kier molecular flexibility index (Phi) is 5.78. The van der Waals surface area contributed by atoms with Gasteiger partial charge in [-0.25, -0.2) is 18.0 Å². The van der Waals surface area contributed by atoms with Crippen LogP contribution in [0.1, 0.15) is 0 Å². The Hall–Kier alpha value is -3.03. The van der Waals surface area contributed by atoms with Crippen molar-refractivity contribution < 1.29 is 32.2 Å². The van der Waals surface area contributed by atoms with E-state index in [9.17, 15) is 22.8 Å². The highest BCUT2D eigenvalue weighted by Gasteiger charge is 2.14. The average Bonchev–Trinajstić information content (AvgIpc) is 2.56. The third-order valence-electron chi connectivity index (χ3n) is 2.76. The summed E-state index contributed by atoms with van der Waals surface area (Å²) in [4.78, 5) is 23.0. The van der Waals surface area contributed by atoms with Crippen LogP contribution >= 0.6 is 0 Å². The summed E-state index contributed by atoms with van der Waals surface area (Å²) in [6, 6.07) is 8.02. The third kappa shape index (κ3) is 5.01. The number of ether oxygens (including phenoxy) is 2. The second-order valence-corrected chi connectivity index (χ2v) is 4.55. The fourth-order valence-electron chi connectivity index (χ4n) is 1.65. The van der Waals surface area contributed by atoms with Gasteiger partial charge in [-0.3, -0.25) is 4.79 Å². The molecule has 0 aromatic heterocycles. The molecule has 0 radical (unpaired) electrons. The highest BCUT2D eigenvalue weighted by atomic mass is 19.1. The molecular formula is C16H12F3NO4. The van der Waals surface area contributed by atoms with E-state index in [1.807, 2.05) is 5.32 Å². The molecule has 24 heavy (non-hydrogen) atoms. The number of anilines is 1. The molecule has 1 N–H and O–H groups in total. The van der Waals surface area contributed by atoms with Crippen molar-refractivity contribution >= 4 is 17.6 Å². The lowest BCUT2D eigenvalue weighted by atomic mass is 10.3. The van der Waals surface area contributed by atoms with Crippen molar-refractivity contribution in [3.63, 3.8) is 0 Å². The molecule has 0 saturated carbocycles. The smallest absolute Gasteiger partial charge is 0.344 e. The van der Waals surface area contributed by atoms with E-state index in [4.69, 9.17) is 4.74 Å². The van der Waals surface area contributed by atoms with Crippen LogP contribution in [-0.4, -0.2) is 25.1 Å². The van der Waals surface area contributed by atoms with Gasteiger partial charge < -0.3 is 14.8 Å². The van der Waals surface area contributed by atoms with Crippen LogP contribution < -0.4 is 10.1 Å². The van der Waals surface area contributed by atoms with Crippen LogP contribution in [0.2, 0.25) is 0 Å². The van der Waals surface area contributed by atoms with Crippen molar-refractivity contribution in [1.29, 1.82) is 0 Å². The summed E-state index contributed by atoms with van der Waals surface area (Å²) in [5.74, 6) is -3.89. The van der Waals surface area contributed by atoms with E-state index in [1.165, 1.54) is 12.1 Å². The van der Waals surface area contributed by atoms with Crippen LogP contribution in [0.4, 0.5) is 18.9 Å². The van der Waals surface area contributed by atoms with E-state index in [1.54, 1.807) is 0 Å². The van der Waals surface area contributed by atoms with Gasteiger partial charge in [-0.05, 0) is 36.4 Å². The topological polar surface area (TPSA) is 64.6 Å². The number of para-hydroxylation sites is 1. The van der Waals surface area contributed by atoms with Crippen LogP contribution in [-0.2, 0) is 14.3 Å². The van der Waals surface area contributed by atoms with E-state index in [0.717, 1.165) is 30.3 Å². The summed E-state index contributed by atoms with van der Waals surface area (Å²) in [5, 5.41) is 1.97. The van der Waals surface area contributed by atoms with Crippen LogP contribution in [0.25, 0.3) is 0 Å². The predicted molar refractivity (Wildman–Crippen MR) is 77.8 cm³/mol. The number of esters is 1. The summed E-state index contributed by atoms with van der Waals surface area (Å²) >= 11 is 0. The molecule has 8 heteroatoms. The maximum atomic E-state index is 13.3. The summed E-state index contributed by atoms with van der Waals surface area (Å²) in [6.07, 6.45) is 0. The number of carbonyl (C=O) groups is 2. The van der Waals surface area contributed by atoms with Crippen molar-refractivity contribution in [3.8, 4) is 5.75 Å². The monoisotopic (exact) mass is 339 g/mol. The van der Waals surface area contributed by atoms with Gasteiger partial charge in [-0.2, -0.15) is 0 Å². The predicted octanol–water partition coefficient (Wildman–Crippen LogP) is 2.66. The Labute approximate surface area is 135 Å². The summed E-state index contributed by atoms with van der Waals surface area (Å²) in [6.45, 7) is -1.24. The molecule has 2 aromatic rings. The fraction of sp³-hybridized carbons (Fsp3) is 0.125. The molecule has 0 aliphatic heterocycles. The Morgan fingerprint density at radius 2 is 1.54 bits per heavy atom. The first-order chi connectivity index (χ1) is 11.5. The van der Waals surface area contributed by atoms with Crippen molar-refractivity contribution in [2.24, 2.45) is 0 Å². The minimum atomic E-state index is -0.950. The zero-order valence-corrected chi connectivity index (χ0v) is 12.2. The van der Waals surface area contributed by atoms with Crippen LogP contribution in [0.3, 0.4) is 0 Å². The first kappa shape index (κ1) is 17.3. The van der Waals surface area contributed by atoms with Gasteiger partial charge in [0, 0.05) is 0 Å². The second kappa shape index (κ2) is 8.00. The lowest BCUT2D eigenvalue weighted by Gasteiger charge is -2.09. The van der Waals surface area contributed by atoms with E-state index in [-0.39, 0.29) is 5.75 Å². The molecule has 0 fully saturated rings. The molecule has 0 atom stereocenters. The van der Waals surface area contributed by atoms with Crippen LogP contribution in [0.15, 0.2) is 42.5 Å². The van der Waals surface area contributed by atoms with Crippen molar-refractivity contribution in [1.82, 2.24) is 0 Å². The molecule has 126 valence electrons. The average molecular weight is 339 g/mol. The molecule has 2 aromatic carbocycles. The van der Waals surface area contributed by atoms with Crippen LogP contribution in [0.5, 0.6) is 5.75 Å². The molecular weight excluding hydrogens is 327 g/mol. The normalized spacial score (nSPS) is 10.1. The molecule has 0 spiro atoms. The van der Waals surface area contributed by atoms with E-state index in [2.05, 4.69) is 4.74 Å². The molecule has 0 aliphatic rings. The molecule has 2 rings (SSSR count). The number of halogens is 3. The molecule has 0 aliphatic carbocycles. The molecule has 1 amide bonds. The number of rotatable bonds is 6.